The number of rotatable bonds is 7. The Kier molecular flexibility index (Phi) is 6.64. The summed E-state index contributed by atoms with van der Waals surface area (Å²) in [7, 11) is 0. The minimum Gasteiger partial charge on any atom is -0.423 e. The number of carbonyl (C=O) groups excluding carboxylic acids is 2. The molecule has 35 heavy (non-hydrogen) atoms. The Morgan fingerprint density at radius 3 is 2.03 bits per heavy atom. The molecule has 0 saturated carbocycles. The predicted octanol–water partition coefficient (Wildman–Crippen LogP) is 5.78. The van der Waals surface area contributed by atoms with Crippen molar-refractivity contribution in [3.63, 3.8) is 0 Å². The fourth-order valence-corrected chi connectivity index (χ4v) is 3.05. The first-order valence-electron chi connectivity index (χ1n) is 10.4. The smallest absolute Gasteiger partial charge is 0.338 e. The third-order valence-electron chi connectivity index (χ3n) is 4.86. The van der Waals surface area contributed by atoms with Gasteiger partial charge in [-0.1, -0.05) is 31.4 Å². The molecule has 3 aromatic carbocycles. The second kappa shape index (κ2) is 9.96. The Morgan fingerprint density at radius 2 is 1.43 bits per heavy atom. The molecule has 4 rings (SSSR count). The lowest BCUT2D eigenvalue weighted by atomic mass is 10.0. The van der Waals surface area contributed by atoms with E-state index in [0.717, 1.165) is 11.6 Å². The van der Waals surface area contributed by atoms with Crippen LogP contribution in [0, 0.1) is 5.82 Å². The highest BCUT2D eigenvalue weighted by Crippen LogP contribution is 2.30. The SMILES string of the molecule is C=CC(=O)Oc1ccc(-c2nnc(-c3ccc(-c4ccc(OC(=O)C(=C)C)cc4)cc3F)o2)cc1. The molecule has 0 aliphatic rings. The van der Waals surface area contributed by atoms with Gasteiger partial charge >= 0.3 is 11.9 Å². The van der Waals surface area contributed by atoms with Gasteiger partial charge in [0.15, 0.2) is 0 Å². The van der Waals surface area contributed by atoms with Crippen molar-refractivity contribution in [3.05, 3.63) is 97.4 Å². The number of hydrogen-bond acceptors (Lipinski definition) is 7. The molecule has 0 unspecified atom stereocenters. The number of hydrogen-bond donors (Lipinski definition) is 0. The maximum atomic E-state index is 14.9. The van der Waals surface area contributed by atoms with E-state index in [1.165, 1.54) is 6.07 Å². The number of aromatic nitrogens is 2. The van der Waals surface area contributed by atoms with E-state index in [4.69, 9.17) is 13.9 Å². The molecule has 0 amide bonds. The molecule has 0 aliphatic carbocycles. The lowest BCUT2D eigenvalue weighted by molar-refractivity contribution is -0.130. The Balaban J connectivity index is 1.50. The summed E-state index contributed by atoms with van der Waals surface area (Å²) >= 11 is 0. The van der Waals surface area contributed by atoms with E-state index >= 15 is 0 Å². The topological polar surface area (TPSA) is 91.5 Å². The minimum absolute atomic E-state index is 0.0215. The molecule has 0 saturated heterocycles. The van der Waals surface area contributed by atoms with Gasteiger partial charge in [0.2, 0.25) is 5.89 Å². The van der Waals surface area contributed by atoms with Crippen LogP contribution in [0.25, 0.3) is 34.0 Å². The largest absolute Gasteiger partial charge is 0.423 e. The van der Waals surface area contributed by atoms with Gasteiger partial charge in [0.25, 0.3) is 5.89 Å². The van der Waals surface area contributed by atoms with Crippen molar-refractivity contribution in [3.8, 4) is 45.5 Å². The highest BCUT2D eigenvalue weighted by molar-refractivity contribution is 5.88. The molecule has 0 N–H and O–H groups in total. The van der Waals surface area contributed by atoms with Crippen molar-refractivity contribution in [2.24, 2.45) is 0 Å². The molecule has 0 bridgehead atoms. The van der Waals surface area contributed by atoms with E-state index < -0.39 is 17.8 Å². The Hall–Kier alpha value is -4.85. The maximum Gasteiger partial charge on any atom is 0.338 e. The molecule has 7 nitrogen and oxygen atoms in total. The van der Waals surface area contributed by atoms with Crippen molar-refractivity contribution in [2.45, 2.75) is 6.92 Å². The van der Waals surface area contributed by atoms with Crippen LogP contribution in [-0.2, 0) is 9.59 Å². The number of esters is 2. The molecule has 0 radical (unpaired) electrons. The fourth-order valence-electron chi connectivity index (χ4n) is 3.05. The zero-order chi connectivity index (χ0) is 24.9. The van der Waals surface area contributed by atoms with Crippen LogP contribution in [0.3, 0.4) is 0 Å². The van der Waals surface area contributed by atoms with Gasteiger partial charge in [0.05, 0.1) is 5.56 Å². The first kappa shape index (κ1) is 23.3. The van der Waals surface area contributed by atoms with Gasteiger partial charge in [-0.3, -0.25) is 0 Å². The summed E-state index contributed by atoms with van der Waals surface area (Å²) in [6.45, 7) is 8.45. The third-order valence-corrected chi connectivity index (χ3v) is 4.86. The van der Waals surface area contributed by atoms with Crippen LogP contribution in [0.5, 0.6) is 11.5 Å². The molecule has 0 atom stereocenters. The van der Waals surface area contributed by atoms with Crippen molar-refractivity contribution < 1.29 is 27.9 Å². The van der Waals surface area contributed by atoms with E-state index in [1.807, 2.05) is 0 Å². The summed E-state index contributed by atoms with van der Waals surface area (Å²) in [6, 6.07) is 17.7. The summed E-state index contributed by atoms with van der Waals surface area (Å²) in [6.07, 6.45) is 1.06. The second-order valence-electron chi connectivity index (χ2n) is 7.45. The molecule has 0 aliphatic heterocycles. The van der Waals surface area contributed by atoms with Crippen LogP contribution in [0.2, 0.25) is 0 Å². The molecule has 0 fully saturated rings. The number of benzene rings is 3. The monoisotopic (exact) mass is 470 g/mol. The van der Waals surface area contributed by atoms with Crippen molar-refractivity contribution >= 4 is 11.9 Å². The lowest BCUT2D eigenvalue weighted by Gasteiger charge is -2.07. The number of nitrogens with zero attached hydrogens (tertiary/aromatic N) is 2. The van der Waals surface area contributed by atoms with Crippen molar-refractivity contribution in [1.29, 1.82) is 0 Å². The Labute approximate surface area is 200 Å². The molecule has 1 aromatic heterocycles. The zero-order valence-corrected chi connectivity index (χ0v) is 18.7. The van der Waals surface area contributed by atoms with Crippen molar-refractivity contribution in [1.82, 2.24) is 10.2 Å². The van der Waals surface area contributed by atoms with Gasteiger partial charge in [0, 0.05) is 17.2 Å². The van der Waals surface area contributed by atoms with Gasteiger partial charge in [-0.05, 0) is 66.6 Å². The minimum atomic E-state index is -0.570. The number of ether oxygens (including phenoxy) is 2. The van der Waals surface area contributed by atoms with Crippen LogP contribution in [0.15, 0.2) is 96.0 Å². The Bertz CT molecular complexity index is 1420. The first-order chi connectivity index (χ1) is 16.8. The molecular weight excluding hydrogens is 451 g/mol. The van der Waals surface area contributed by atoms with Crippen LogP contribution >= 0.6 is 0 Å². The summed E-state index contributed by atoms with van der Waals surface area (Å²) in [4.78, 5) is 22.9. The van der Waals surface area contributed by atoms with E-state index in [1.54, 1.807) is 67.6 Å². The number of carbonyl (C=O) groups is 2. The quantitative estimate of drug-likeness (QED) is 0.192. The van der Waals surface area contributed by atoms with Gasteiger partial charge in [-0.25, -0.2) is 14.0 Å². The molecule has 8 heteroatoms. The average molecular weight is 470 g/mol. The molecule has 4 aromatic rings. The average Bonchev–Trinajstić information content (AvgIpc) is 3.34. The van der Waals surface area contributed by atoms with Crippen LogP contribution < -0.4 is 9.47 Å². The first-order valence-corrected chi connectivity index (χ1v) is 10.4. The van der Waals surface area contributed by atoms with Gasteiger partial charge in [-0.15, -0.1) is 10.2 Å². The van der Waals surface area contributed by atoms with Crippen LogP contribution in [0.1, 0.15) is 6.92 Å². The normalized spacial score (nSPS) is 10.5. The van der Waals surface area contributed by atoms with Gasteiger partial charge in [-0.2, -0.15) is 0 Å². The van der Waals surface area contributed by atoms with E-state index in [-0.39, 0.29) is 17.3 Å². The Morgan fingerprint density at radius 1 is 0.857 bits per heavy atom. The third kappa shape index (κ3) is 5.39. The predicted molar refractivity (Wildman–Crippen MR) is 127 cm³/mol. The summed E-state index contributed by atoms with van der Waals surface area (Å²) in [5.74, 6) is -0.718. The molecular formula is C27H19FN2O5. The second-order valence-corrected chi connectivity index (χ2v) is 7.45. The van der Waals surface area contributed by atoms with Gasteiger partial charge in [0.1, 0.15) is 17.3 Å². The molecule has 1 heterocycles. The van der Waals surface area contributed by atoms with E-state index in [9.17, 15) is 14.0 Å². The standard InChI is InChI=1S/C27H19FN2O5/c1-4-24(31)33-20-12-7-18(8-13-20)25-29-30-26(35-25)22-14-9-19(15-23(22)28)17-5-10-21(11-6-17)34-27(32)16(2)3/h4-15H,1-2H2,3H3. The summed E-state index contributed by atoms with van der Waals surface area (Å²) in [5, 5.41) is 7.93. The van der Waals surface area contributed by atoms with Crippen LogP contribution in [0.4, 0.5) is 4.39 Å². The highest BCUT2D eigenvalue weighted by atomic mass is 19.1. The van der Waals surface area contributed by atoms with E-state index in [0.29, 0.717) is 28.2 Å². The maximum absolute atomic E-state index is 14.9. The fraction of sp³-hybridized carbons (Fsp3) is 0.0370. The molecule has 0 spiro atoms. The van der Waals surface area contributed by atoms with Crippen LogP contribution in [-0.4, -0.2) is 22.1 Å². The molecule has 174 valence electrons. The number of halogens is 1. The van der Waals surface area contributed by atoms with E-state index in [2.05, 4.69) is 23.4 Å². The summed E-state index contributed by atoms with van der Waals surface area (Å²) in [5.41, 5.74) is 2.37. The summed E-state index contributed by atoms with van der Waals surface area (Å²) < 4.78 is 30.8. The highest BCUT2D eigenvalue weighted by Gasteiger charge is 2.16. The zero-order valence-electron chi connectivity index (χ0n) is 18.7. The lowest BCUT2D eigenvalue weighted by Crippen LogP contribution is -2.07. The van der Waals surface area contributed by atoms with Gasteiger partial charge < -0.3 is 13.9 Å². The van der Waals surface area contributed by atoms with Crippen molar-refractivity contribution in [2.75, 3.05) is 0 Å².